The minimum atomic E-state index is -1.05. The van der Waals surface area contributed by atoms with Gasteiger partial charge in [0.2, 0.25) is 0 Å². The van der Waals surface area contributed by atoms with Crippen molar-refractivity contribution >= 4 is 27.9 Å². The maximum Gasteiger partial charge on any atom is 0.315 e. The Bertz CT molecular complexity index is 507. The molecule has 0 aromatic heterocycles. The average molecular weight is 358 g/mol. The molecule has 1 aromatic carbocycles. The van der Waals surface area contributed by atoms with Crippen LogP contribution in [-0.4, -0.2) is 28.7 Å². The number of carboxylic acids is 1. The maximum absolute atomic E-state index is 12.4. The first kappa shape index (κ1) is 17.7. The lowest BCUT2D eigenvalue weighted by Gasteiger charge is -2.27. The molecular formula is C15H20BrNO4. The minimum Gasteiger partial charge on any atom is -0.481 e. The van der Waals surface area contributed by atoms with Gasteiger partial charge in [-0.05, 0) is 38.5 Å². The molecule has 0 heterocycles. The van der Waals surface area contributed by atoms with Crippen LogP contribution in [0.4, 0.5) is 0 Å². The molecule has 0 saturated heterocycles. The fraction of sp³-hybridized carbons (Fsp3) is 0.467. The first-order chi connectivity index (χ1) is 9.60. The third-order valence-corrected chi connectivity index (χ3v) is 3.26. The summed E-state index contributed by atoms with van der Waals surface area (Å²) in [7, 11) is 0. The summed E-state index contributed by atoms with van der Waals surface area (Å²) < 4.78 is 6.23. The van der Waals surface area contributed by atoms with Gasteiger partial charge in [-0.2, -0.15) is 0 Å². The molecule has 0 unspecified atom stereocenters. The second-order valence-corrected chi connectivity index (χ2v) is 6.74. The Hall–Kier alpha value is -1.40. The number of hydrogen-bond acceptors (Lipinski definition) is 4. The molecule has 0 spiro atoms. The first-order valence-electron chi connectivity index (χ1n) is 6.56. The van der Waals surface area contributed by atoms with Crippen LogP contribution in [-0.2, 0) is 14.3 Å². The summed E-state index contributed by atoms with van der Waals surface area (Å²) in [6, 6.07) is 6.18. The van der Waals surface area contributed by atoms with E-state index in [2.05, 4.69) is 15.9 Å². The van der Waals surface area contributed by atoms with E-state index in [1.165, 1.54) is 0 Å². The number of nitrogens with two attached hydrogens (primary N) is 1. The Morgan fingerprint density at radius 2 is 1.81 bits per heavy atom. The zero-order valence-corrected chi connectivity index (χ0v) is 13.9. The number of benzene rings is 1. The number of aliphatic carboxylic acids is 1. The first-order valence-corrected chi connectivity index (χ1v) is 7.35. The van der Waals surface area contributed by atoms with E-state index in [0.717, 1.165) is 4.47 Å². The molecule has 5 nitrogen and oxygen atoms in total. The van der Waals surface area contributed by atoms with Crippen molar-refractivity contribution in [3.8, 4) is 0 Å². The zero-order chi connectivity index (χ0) is 16.2. The van der Waals surface area contributed by atoms with Crippen LogP contribution in [0.15, 0.2) is 28.7 Å². The van der Waals surface area contributed by atoms with Crippen LogP contribution in [0.2, 0.25) is 0 Å². The van der Waals surface area contributed by atoms with Crippen molar-refractivity contribution in [2.24, 2.45) is 5.73 Å². The van der Waals surface area contributed by atoms with Crippen LogP contribution in [0.1, 0.15) is 38.7 Å². The highest BCUT2D eigenvalue weighted by molar-refractivity contribution is 9.10. The van der Waals surface area contributed by atoms with Gasteiger partial charge in [-0.15, -0.1) is 0 Å². The van der Waals surface area contributed by atoms with Crippen molar-refractivity contribution in [2.45, 2.75) is 44.8 Å². The molecule has 0 fully saturated rings. The van der Waals surface area contributed by atoms with Gasteiger partial charge in [-0.3, -0.25) is 9.59 Å². The quantitative estimate of drug-likeness (QED) is 0.790. The van der Waals surface area contributed by atoms with E-state index >= 15 is 0 Å². The molecule has 3 N–H and O–H groups in total. The standard InChI is InChI=1S/C15H20BrNO4/c1-15(2,3)21-14(20)13(11(17)8-12(18)19)9-4-6-10(16)7-5-9/h4-7,11,13H,8,17H2,1-3H3,(H,18,19)/t11-,13+/m0/s1. The molecule has 2 atom stereocenters. The van der Waals surface area contributed by atoms with Crippen molar-refractivity contribution in [3.63, 3.8) is 0 Å². The molecule has 0 saturated carbocycles. The van der Waals surface area contributed by atoms with Gasteiger partial charge in [0.05, 0.1) is 12.3 Å². The summed E-state index contributed by atoms with van der Waals surface area (Å²) in [5.74, 6) is -2.37. The predicted octanol–water partition coefficient (Wildman–Crippen LogP) is 2.68. The summed E-state index contributed by atoms with van der Waals surface area (Å²) in [6.07, 6.45) is -0.306. The van der Waals surface area contributed by atoms with Crippen LogP contribution in [0.5, 0.6) is 0 Å². The van der Waals surface area contributed by atoms with E-state index in [1.54, 1.807) is 45.0 Å². The summed E-state index contributed by atoms with van der Waals surface area (Å²) in [5, 5.41) is 8.90. The Labute approximate surface area is 132 Å². The van der Waals surface area contributed by atoms with Crippen LogP contribution < -0.4 is 5.73 Å². The van der Waals surface area contributed by atoms with E-state index in [4.69, 9.17) is 15.6 Å². The normalized spacial score (nSPS) is 14.3. The van der Waals surface area contributed by atoms with Gasteiger partial charge in [-0.1, -0.05) is 28.1 Å². The van der Waals surface area contributed by atoms with Gasteiger partial charge in [0.1, 0.15) is 5.60 Å². The predicted molar refractivity (Wildman–Crippen MR) is 83.0 cm³/mol. The number of halogens is 1. The molecule has 0 amide bonds. The van der Waals surface area contributed by atoms with Crippen molar-refractivity contribution in [1.29, 1.82) is 0 Å². The summed E-state index contributed by atoms with van der Waals surface area (Å²) in [6.45, 7) is 5.27. The van der Waals surface area contributed by atoms with Crippen molar-refractivity contribution in [3.05, 3.63) is 34.3 Å². The number of carbonyl (C=O) groups excluding carboxylic acids is 1. The highest BCUT2D eigenvalue weighted by atomic mass is 79.9. The third-order valence-electron chi connectivity index (χ3n) is 2.73. The van der Waals surface area contributed by atoms with E-state index in [9.17, 15) is 9.59 Å². The third kappa shape index (κ3) is 5.85. The molecule has 0 aliphatic rings. The Morgan fingerprint density at radius 3 is 2.24 bits per heavy atom. The van der Waals surface area contributed by atoms with Crippen molar-refractivity contribution in [2.75, 3.05) is 0 Å². The smallest absolute Gasteiger partial charge is 0.315 e. The molecule has 0 radical (unpaired) electrons. The van der Waals surface area contributed by atoms with Gasteiger partial charge in [0, 0.05) is 10.5 Å². The second kappa shape index (κ2) is 7.04. The number of carbonyl (C=O) groups is 2. The number of carboxylic acid groups (broad SMARTS) is 1. The highest BCUT2D eigenvalue weighted by Crippen LogP contribution is 2.26. The zero-order valence-electron chi connectivity index (χ0n) is 12.3. The van der Waals surface area contributed by atoms with Gasteiger partial charge in [0.15, 0.2) is 0 Å². The van der Waals surface area contributed by atoms with Crippen LogP contribution >= 0.6 is 15.9 Å². The summed E-state index contributed by atoms with van der Waals surface area (Å²) in [4.78, 5) is 23.2. The Morgan fingerprint density at radius 1 is 1.29 bits per heavy atom. The molecule has 6 heteroatoms. The minimum absolute atomic E-state index is 0.306. The summed E-state index contributed by atoms with van der Waals surface area (Å²) >= 11 is 3.32. The summed E-state index contributed by atoms with van der Waals surface area (Å²) in [5.41, 5.74) is 5.90. The molecule has 1 aromatic rings. The van der Waals surface area contributed by atoms with Crippen LogP contribution in [0.25, 0.3) is 0 Å². The topological polar surface area (TPSA) is 89.6 Å². The lowest BCUT2D eigenvalue weighted by molar-refractivity contribution is -0.157. The van der Waals surface area contributed by atoms with Crippen molar-refractivity contribution < 1.29 is 19.4 Å². The van der Waals surface area contributed by atoms with Crippen LogP contribution in [0.3, 0.4) is 0 Å². The van der Waals surface area contributed by atoms with Gasteiger partial charge in [0.25, 0.3) is 0 Å². The Balaban J connectivity index is 3.07. The number of esters is 1. The second-order valence-electron chi connectivity index (χ2n) is 5.82. The number of hydrogen-bond donors (Lipinski definition) is 2. The van der Waals surface area contributed by atoms with E-state index in [0.29, 0.717) is 5.56 Å². The van der Waals surface area contributed by atoms with Crippen LogP contribution in [0, 0.1) is 0 Å². The van der Waals surface area contributed by atoms with Gasteiger partial charge in [-0.25, -0.2) is 0 Å². The van der Waals surface area contributed by atoms with E-state index in [-0.39, 0.29) is 6.42 Å². The highest BCUT2D eigenvalue weighted by Gasteiger charge is 2.32. The lowest BCUT2D eigenvalue weighted by atomic mass is 9.90. The maximum atomic E-state index is 12.4. The fourth-order valence-corrected chi connectivity index (χ4v) is 2.18. The molecule has 21 heavy (non-hydrogen) atoms. The van der Waals surface area contributed by atoms with E-state index < -0.39 is 29.5 Å². The number of rotatable bonds is 5. The molecular weight excluding hydrogens is 338 g/mol. The monoisotopic (exact) mass is 357 g/mol. The molecule has 0 aliphatic heterocycles. The van der Waals surface area contributed by atoms with E-state index in [1.807, 2.05) is 0 Å². The largest absolute Gasteiger partial charge is 0.481 e. The SMILES string of the molecule is CC(C)(C)OC(=O)[C@H](c1ccc(Br)cc1)[C@@H](N)CC(=O)O. The van der Waals surface area contributed by atoms with Crippen molar-refractivity contribution in [1.82, 2.24) is 0 Å². The molecule has 0 aliphatic carbocycles. The number of ether oxygens (including phenoxy) is 1. The van der Waals surface area contributed by atoms with Gasteiger partial charge >= 0.3 is 11.9 Å². The Kier molecular flexibility index (Phi) is 5.92. The molecule has 116 valence electrons. The fourth-order valence-electron chi connectivity index (χ4n) is 1.91. The molecule has 1 rings (SSSR count). The molecule has 0 bridgehead atoms. The van der Waals surface area contributed by atoms with Gasteiger partial charge < -0.3 is 15.6 Å². The average Bonchev–Trinajstić information content (AvgIpc) is 2.28. The lowest BCUT2D eigenvalue weighted by Crippen LogP contribution is -2.39.